The number of piperidine rings is 1. The van der Waals surface area contributed by atoms with E-state index >= 15 is 0 Å². The van der Waals surface area contributed by atoms with Crippen LogP contribution in [0.3, 0.4) is 0 Å². The lowest BCUT2D eigenvalue weighted by atomic mass is 9.97. The Morgan fingerprint density at radius 1 is 1.03 bits per heavy atom. The second-order valence-corrected chi connectivity index (χ2v) is 8.61. The molecule has 2 aromatic rings. The number of likely N-dealkylation sites (tertiary alicyclic amines) is 1. The Balaban J connectivity index is 1.29. The van der Waals surface area contributed by atoms with Crippen LogP contribution >= 0.6 is 0 Å². The van der Waals surface area contributed by atoms with Crippen LogP contribution in [0.25, 0.3) is 11.1 Å². The van der Waals surface area contributed by atoms with Gasteiger partial charge in [0.25, 0.3) is 0 Å². The summed E-state index contributed by atoms with van der Waals surface area (Å²) in [5.74, 6) is 0.449. The summed E-state index contributed by atoms with van der Waals surface area (Å²) in [5.41, 5.74) is 1.54. The Hall–Kier alpha value is -2.54. The van der Waals surface area contributed by atoms with Crippen molar-refractivity contribution in [2.75, 3.05) is 44.2 Å². The van der Waals surface area contributed by atoms with Crippen LogP contribution in [0, 0.1) is 11.7 Å². The van der Waals surface area contributed by atoms with Gasteiger partial charge in [-0.2, -0.15) is 0 Å². The highest BCUT2D eigenvalue weighted by atomic mass is 19.1. The monoisotopic (exact) mass is 425 g/mol. The molecular weight excluding hydrogens is 393 g/mol. The van der Waals surface area contributed by atoms with Crippen LogP contribution in [0.5, 0.6) is 0 Å². The van der Waals surface area contributed by atoms with E-state index in [4.69, 9.17) is 0 Å². The fourth-order valence-electron chi connectivity index (χ4n) is 4.52. The maximum absolute atomic E-state index is 13.5. The minimum atomic E-state index is -0.276. The van der Waals surface area contributed by atoms with Crippen LogP contribution in [-0.4, -0.2) is 60.0 Å². The van der Waals surface area contributed by atoms with Gasteiger partial charge >= 0.3 is 0 Å². The standard InChI is InChI=1S/C24H32FN5O/c25-22-9-5-7-19(15-22)21-16-27-24(28-17-21)30-13-6-8-20(18-30)23(31)26-10-14-29-11-3-1-2-4-12-29/h5,7,9,15-17,20H,1-4,6,8,10-14,18H2,(H,26,31)/t20-/m0/s1. The maximum atomic E-state index is 13.5. The Labute approximate surface area is 183 Å². The molecule has 1 amide bonds. The fourth-order valence-corrected chi connectivity index (χ4v) is 4.52. The number of anilines is 1. The average Bonchev–Trinajstić information content (AvgIpc) is 3.08. The summed E-state index contributed by atoms with van der Waals surface area (Å²) in [6.07, 6.45) is 10.5. The summed E-state index contributed by atoms with van der Waals surface area (Å²) < 4.78 is 13.5. The molecule has 0 radical (unpaired) electrons. The minimum absolute atomic E-state index is 0.0376. The first kappa shape index (κ1) is 21.7. The molecular formula is C24H32FN5O. The van der Waals surface area contributed by atoms with E-state index in [2.05, 4.69) is 25.1 Å². The largest absolute Gasteiger partial charge is 0.355 e. The third-order valence-corrected chi connectivity index (χ3v) is 6.30. The zero-order chi connectivity index (χ0) is 21.5. The molecule has 0 spiro atoms. The second kappa shape index (κ2) is 10.7. The number of aromatic nitrogens is 2. The lowest BCUT2D eigenvalue weighted by Crippen LogP contribution is -2.45. The van der Waals surface area contributed by atoms with E-state index in [-0.39, 0.29) is 17.6 Å². The highest BCUT2D eigenvalue weighted by Crippen LogP contribution is 2.23. The molecule has 1 aromatic carbocycles. The summed E-state index contributed by atoms with van der Waals surface area (Å²) in [6.45, 7) is 5.43. The summed E-state index contributed by atoms with van der Waals surface area (Å²) in [4.78, 5) is 26.2. The van der Waals surface area contributed by atoms with Gasteiger partial charge in [-0.05, 0) is 56.5 Å². The van der Waals surface area contributed by atoms with Gasteiger partial charge < -0.3 is 15.1 Å². The molecule has 2 aliphatic heterocycles. The van der Waals surface area contributed by atoms with Gasteiger partial charge in [-0.1, -0.05) is 25.0 Å². The Morgan fingerprint density at radius 3 is 2.55 bits per heavy atom. The van der Waals surface area contributed by atoms with Gasteiger partial charge in [-0.25, -0.2) is 14.4 Å². The Kier molecular flexibility index (Phi) is 7.46. The molecule has 3 heterocycles. The predicted octanol–water partition coefficient (Wildman–Crippen LogP) is 3.49. The van der Waals surface area contributed by atoms with Gasteiger partial charge in [0.15, 0.2) is 0 Å². The van der Waals surface area contributed by atoms with Crippen molar-refractivity contribution in [2.24, 2.45) is 5.92 Å². The van der Waals surface area contributed by atoms with Crippen molar-refractivity contribution < 1.29 is 9.18 Å². The first-order valence-electron chi connectivity index (χ1n) is 11.5. The molecule has 166 valence electrons. The molecule has 1 N–H and O–H groups in total. The van der Waals surface area contributed by atoms with Crippen LogP contribution in [-0.2, 0) is 4.79 Å². The Bertz CT molecular complexity index is 851. The number of nitrogens with zero attached hydrogens (tertiary/aromatic N) is 4. The molecule has 7 heteroatoms. The molecule has 0 saturated carbocycles. The summed E-state index contributed by atoms with van der Waals surface area (Å²) >= 11 is 0. The predicted molar refractivity (Wildman–Crippen MR) is 120 cm³/mol. The van der Waals surface area contributed by atoms with E-state index in [9.17, 15) is 9.18 Å². The number of carbonyl (C=O) groups excluding carboxylic acids is 1. The number of nitrogens with one attached hydrogen (secondary N) is 1. The number of benzene rings is 1. The zero-order valence-corrected chi connectivity index (χ0v) is 18.1. The molecule has 2 fully saturated rings. The molecule has 0 unspecified atom stereocenters. The molecule has 0 aliphatic carbocycles. The van der Waals surface area contributed by atoms with Gasteiger partial charge in [-0.3, -0.25) is 4.79 Å². The van der Waals surface area contributed by atoms with Crippen LogP contribution in [0.4, 0.5) is 10.3 Å². The maximum Gasteiger partial charge on any atom is 0.225 e. The van der Waals surface area contributed by atoms with E-state index in [1.807, 2.05) is 6.07 Å². The van der Waals surface area contributed by atoms with Crippen molar-refractivity contribution in [3.8, 4) is 11.1 Å². The first-order chi connectivity index (χ1) is 15.2. The fraction of sp³-hybridized carbons (Fsp3) is 0.542. The van der Waals surface area contributed by atoms with E-state index in [0.29, 0.717) is 19.0 Å². The van der Waals surface area contributed by atoms with E-state index in [1.165, 1.54) is 37.8 Å². The molecule has 6 nitrogen and oxygen atoms in total. The number of hydrogen-bond acceptors (Lipinski definition) is 5. The number of carbonyl (C=O) groups is 1. The van der Waals surface area contributed by atoms with Crippen molar-refractivity contribution in [3.63, 3.8) is 0 Å². The highest BCUT2D eigenvalue weighted by molar-refractivity contribution is 5.79. The van der Waals surface area contributed by atoms with Crippen molar-refractivity contribution in [3.05, 3.63) is 42.5 Å². The molecule has 0 bridgehead atoms. The van der Waals surface area contributed by atoms with Gasteiger partial charge in [-0.15, -0.1) is 0 Å². The number of rotatable bonds is 6. The lowest BCUT2D eigenvalue weighted by molar-refractivity contribution is -0.125. The van der Waals surface area contributed by atoms with E-state index in [0.717, 1.165) is 50.1 Å². The number of halogens is 1. The number of hydrogen-bond donors (Lipinski definition) is 1. The molecule has 2 aliphatic rings. The summed E-state index contributed by atoms with van der Waals surface area (Å²) in [7, 11) is 0. The first-order valence-corrected chi connectivity index (χ1v) is 11.5. The van der Waals surface area contributed by atoms with Crippen LogP contribution in [0.1, 0.15) is 38.5 Å². The molecule has 4 rings (SSSR count). The van der Waals surface area contributed by atoms with Crippen molar-refractivity contribution in [1.29, 1.82) is 0 Å². The summed E-state index contributed by atoms with van der Waals surface area (Å²) in [6, 6.07) is 6.42. The smallest absolute Gasteiger partial charge is 0.225 e. The Morgan fingerprint density at radius 2 is 1.81 bits per heavy atom. The third kappa shape index (κ3) is 6.00. The highest BCUT2D eigenvalue weighted by Gasteiger charge is 2.27. The van der Waals surface area contributed by atoms with Crippen molar-refractivity contribution in [2.45, 2.75) is 38.5 Å². The molecule has 2 saturated heterocycles. The molecule has 1 atom stereocenters. The SMILES string of the molecule is O=C(NCCN1CCCCCC1)[C@H]1CCCN(c2ncc(-c3cccc(F)c3)cn2)C1. The molecule has 1 aromatic heterocycles. The normalized spacial score (nSPS) is 20.3. The van der Waals surface area contributed by atoms with Crippen LogP contribution in [0.2, 0.25) is 0 Å². The van der Waals surface area contributed by atoms with Gasteiger partial charge in [0.1, 0.15) is 5.82 Å². The van der Waals surface area contributed by atoms with Crippen molar-refractivity contribution in [1.82, 2.24) is 20.2 Å². The zero-order valence-electron chi connectivity index (χ0n) is 18.1. The number of amides is 1. The van der Waals surface area contributed by atoms with Crippen molar-refractivity contribution >= 4 is 11.9 Å². The van der Waals surface area contributed by atoms with Gasteiger partial charge in [0.05, 0.1) is 5.92 Å². The summed E-state index contributed by atoms with van der Waals surface area (Å²) in [5, 5.41) is 3.14. The lowest BCUT2D eigenvalue weighted by Gasteiger charge is -2.32. The second-order valence-electron chi connectivity index (χ2n) is 8.61. The quantitative estimate of drug-likeness (QED) is 0.768. The van der Waals surface area contributed by atoms with E-state index in [1.54, 1.807) is 18.5 Å². The van der Waals surface area contributed by atoms with E-state index < -0.39 is 0 Å². The average molecular weight is 426 g/mol. The topological polar surface area (TPSA) is 61.4 Å². The van der Waals surface area contributed by atoms with Crippen LogP contribution in [0.15, 0.2) is 36.7 Å². The van der Waals surface area contributed by atoms with Gasteiger partial charge in [0, 0.05) is 44.1 Å². The minimum Gasteiger partial charge on any atom is -0.355 e. The third-order valence-electron chi connectivity index (χ3n) is 6.30. The van der Waals surface area contributed by atoms with Crippen LogP contribution < -0.4 is 10.2 Å². The molecule has 31 heavy (non-hydrogen) atoms. The van der Waals surface area contributed by atoms with Gasteiger partial charge in [0.2, 0.25) is 11.9 Å².